The van der Waals surface area contributed by atoms with Crippen molar-refractivity contribution in [2.45, 2.75) is 10.9 Å². The number of hydrogen-bond acceptors (Lipinski definition) is 5. The van der Waals surface area contributed by atoms with E-state index < -0.39 is 28.0 Å². The number of urea groups is 1. The van der Waals surface area contributed by atoms with Gasteiger partial charge in [-0.2, -0.15) is 4.31 Å². The van der Waals surface area contributed by atoms with Gasteiger partial charge in [0.15, 0.2) is 0 Å². The van der Waals surface area contributed by atoms with Crippen LogP contribution in [0.1, 0.15) is 0 Å². The fraction of sp³-hybridized carbons (Fsp3) is 0.263. The molecular formula is C19H21ClN4O5S. The topological polar surface area (TPSA) is 122 Å². The summed E-state index contributed by atoms with van der Waals surface area (Å²) in [4.78, 5) is 25.1. The van der Waals surface area contributed by atoms with Crippen molar-refractivity contribution in [3.05, 3.63) is 53.6 Å². The lowest BCUT2D eigenvalue weighted by atomic mass is 10.2. The molecule has 0 saturated carbocycles. The molecule has 0 bridgehead atoms. The highest BCUT2D eigenvalue weighted by atomic mass is 35.5. The Morgan fingerprint density at radius 2 is 1.63 bits per heavy atom. The lowest BCUT2D eigenvalue weighted by Crippen LogP contribution is -2.61. The maximum atomic E-state index is 13.1. The number of benzene rings is 2. The summed E-state index contributed by atoms with van der Waals surface area (Å²) in [6, 6.07) is 11.0. The van der Waals surface area contributed by atoms with E-state index in [2.05, 4.69) is 5.32 Å². The zero-order valence-electron chi connectivity index (χ0n) is 16.1. The molecule has 1 unspecified atom stereocenters. The standard InChI is InChI=1S/C19H21ClN4O5S/c1-22-19(26)23-10-11-24(17(12-23)18(21)25)30(27,28)16-8-6-15(7-9-16)29-14-4-2-13(20)3-5-14/h2-9,17H,10-12H2,1H3,(H2,21,25)(H,22,26). The van der Waals surface area contributed by atoms with Crippen LogP contribution in [0.4, 0.5) is 4.79 Å². The number of ether oxygens (including phenoxy) is 1. The number of carbonyl (C=O) groups is 2. The van der Waals surface area contributed by atoms with E-state index in [1.165, 1.54) is 36.2 Å². The van der Waals surface area contributed by atoms with Crippen molar-refractivity contribution < 1.29 is 22.7 Å². The molecule has 30 heavy (non-hydrogen) atoms. The molecule has 2 aromatic carbocycles. The Kier molecular flexibility index (Phi) is 6.49. The second-order valence-corrected chi connectivity index (χ2v) is 8.89. The van der Waals surface area contributed by atoms with Crippen LogP contribution in [-0.4, -0.2) is 62.3 Å². The lowest BCUT2D eigenvalue weighted by molar-refractivity contribution is -0.122. The predicted octanol–water partition coefficient (Wildman–Crippen LogP) is 1.63. The van der Waals surface area contributed by atoms with Crippen LogP contribution in [0, 0.1) is 0 Å². The van der Waals surface area contributed by atoms with Gasteiger partial charge in [-0.25, -0.2) is 13.2 Å². The molecule has 3 rings (SSSR count). The molecule has 0 aliphatic carbocycles. The number of carbonyl (C=O) groups excluding carboxylic acids is 2. The van der Waals surface area contributed by atoms with Crippen LogP contribution in [0.2, 0.25) is 5.02 Å². The molecule has 1 heterocycles. The number of piperazine rings is 1. The zero-order chi connectivity index (χ0) is 21.9. The highest BCUT2D eigenvalue weighted by molar-refractivity contribution is 7.89. The van der Waals surface area contributed by atoms with E-state index in [1.54, 1.807) is 24.3 Å². The summed E-state index contributed by atoms with van der Waals surface area (Å²) in [5.41, 5.74) is 5.42. The van der Waals surface area contributed by atoms with Crippen LogP contribution in [0.3, 0.4) is 0 Å². The molecule has 1 saturated heterocycles. The number of halogens is 1. The number of primary amides is 1. The minimum atomic E-state index is -4.01. The summed E-state index contributed by atoms with van der Waals surface area (Å²) in [6.45, 7) is -0.0289. The van der Waals surface area contributed by atoms with Crippen LogP contribution in [0.5, 0.6) is 11.5 Å². The number of nitrogens with zero attached hydrogens (tertiary/aromatic N) is 2. The van der Waals surface area contributed by atoms with Crippen molar-refractivity contribution in [2.75, 3.05) is 26.7 Å². The summed E-state index contributed by atoms with van der Waals surface area (Å²) >= 11 is 5.84. The van der Waals surface area contributed by atoms with Gasteiger partial charge >= 0.3 is 6.03 Å². The average Bonchev–Trinajstić information content (AvgIpc) is 2.74. The minimum absolute atomic E-state index is 0.00870. The van der Waals surface area contributed by atoms with E-state index in [9.17, 15) is 18.0 Å². The quantitative estimate of drug-likeness (QED) is 0.713. The van der Waals surface area contributed by atoms with Gasteiger partial charge in [0, 0.05) is 31.7 Å². The molecule has 1 fully saturated rings. The van der Waals surface area contributed by atoms with E-state index in [1.807, 2.05) is 0 Å². The van der Waals surface area contributed by atoms with E-state index in [0.717, 1.165) is 4.31 Å². The molecule has 11 heteroatoms. The molecule has 1 aliphatic rings. The molecule has 1 aliphatic heterocycles. The molecule has 0 spiro atoms. The molecule has 9 nitrogen and oxygen atoms in total. The Bertz CT molecular complexity index is 1030. The second-order valence-electron chi connectivity index (χ2n) is 6.56. The van der Waals surface area contributed by atoms with Gasteiger partial charge in [-0.05, 0) is 48.5 Å². The molecular weight excluding hydrogens is 432 g/mol. The summed E-state index contributed by atoms with van der Waals surface area (Å²) < 4.78 is 32.9. The highest BCUT2D eigenvalue weighted by Crippen LogP contribution is 2.27. The van der Waals surface area contributed by atoms with Gasteiger partial charge in [-0.1, -0.05) is 11.6 Å². The number of sulfonamides is 1. The van der Waals surface area contributed by atoms with Crippen LogP contribution in [0.25, 0.3) is 0 Å². The van der Waals surface area contributed by atoms with Crippen molar-refractivity contribution in [1.82, 2.24) is 14.5 Å². The Balaban J connectivity index is 1.79. The first-order valence-electron chi connectivity index (χ1n) is 9.03. The predicted molar refractivity (Wildman–Crippen MR) is 111 cm³/mol. The van der Waals surface area contributed by atoms with Gasteiger partial charge in [0.2, 0.25) is 15.9 Å². The first-order valence-corrected chi connectivity index (χ1v) is 10.9. The Morgan fingerprint density at radius 3 is 2.17 bits per heavy atom. The van der Waals surface area contributed by atoms with E-state index in [0.29, 0.717) is 16.5 Å². The minimum Gasteiger partial charge on any atom is -0.457 e. The largest absolute Gasteiger partial charge is 0.457 e. The number of nitrogens with one attached hydrogen (secondary N) is 1. The first-order chi connectivity index (χ1) is 14.2. The maximum absolute atomic E-state index is 13.1. The van der Waals surface area contributed by atoms with E-state index in [-0.39, 0.29) is 24.5 Å². The van der Waals surface area contributed by atoms with Gasteiger partial charge in [0.1, 0.15) is 17.5 Å². The van der Waals surface area contributed by atoms with Gasteiger partial charge in [0.25, 0.3) is 0 Å². The summed E-state index contributed by atoms with van der Waals surface area (Å²) in [5.74, 6) is 0.163. The van der Waals surface area contributed by atoms with Crippen LogP contribution >= 0.6 is 11.6 Å². The number of amides is 3. The van der Waals surface area contributed by atoms with Crippen LogP contribution in [0.15, 0.2) is 53.4 Å². The first kappa shape index (κ1) is 21.9. The molecule has 3 N–H and O–H groups in total. The van der Waals surface area contributed by atoms with Gasteiger partial charge in [-0.15, -0.1) is 0 Å². The summed E-state index contributed by atoms with van der Waals surface area (Å²) in [7, 11) is -2.55. The number of rotatable bonds is 5. The van der Waals surface area contributed by atoms with Crippen molar-refractivity contribution in [3.8, 4) is 11.5 Å². The molecule has 0 radical (unpaired) electrons. The van der Waals surface area contributed by atoms with Crippen LogP contribution < -0.4 is 15.8 Å². The van der Waals surface area contributed by atoms with Crippen molar-refractivity contribution >= 4 is 33.6 Å². The van der Waals surface area contributed by atoms with Gasteiger partial charge in [0.05, 0.1) is 4.90 Å². The van der Waals surface area contributed by atoms with Crippen molar-refractivity contribution in [2.24, 2.45) is 5.73 Å². The Hall–Kier alpha value is -2.82. The van der Waals surface area contributed by atoms with Crippen molar-refractivity contribution in [1.29, 1.82) is 0 Å². The van der Waals surface area contributed by atoms with Crippen molar-refractivity contribution in [3.63, 3.8) is 0 Å². The fourth-order valence-electron chi connectivity index (χ4n) is 3.08. The highest BCUT2D eigenvalue weighted by Gasteiger charge is 2.40. The third-order valence-corrected chi connectivity index (χ3v) is 6.81. The zero-order valence-corrected chi connectivity index (χ0v) is 17.7. The number of hydrogen-bond donors (Lipinski definition) is 2. The fourth-order valence-corrected chi connectivity index (χ4v) is 4.79. The smallest absolute Gasteiger partial charge is 0.317 e. The third-order valence-electron chi connectivity index (χ3n) is 4.64. The molecule has 3 amide bonds. The Labute approximate surface area is 179 Å². The summed E-state index contributed by atoms with van der Waals surface area (Å²) in [6.07, 6.45) is 0. The molecule has 2 aromatic rings. The molecule has 0 aromatic heterocycles. The Morgan fingerprint density at radius 1 is 1.07 bits per heavy atom. The normalized spacial score (nSPS) is 17.4. The van der Waals surface area contributed by atoms with Crippen LogP contribution in [-0.2, 0) is 14.8 Å². The van der Waals surface area contributed by atoms with Gasteiger partial charge < -0.3 is 20.7 Å². The SMILES string of the molecule is CNC(=O)N1CCN(S(=O)(=O)c2ccc(Oc3ccc(Cl)cc3)cc2)C(C(N)=O)C1. The molecule has 1 atom stereocenters. The lowest BCUT2D eigenvalue weighted by Gasteiger charge is -2.38. The monoisotopic (exact) mass is 452 g/mol. The van der Waals surface area contributed by atoms with E-state index >= 15 is 0 Å². The summed E-state index contributed by atoms with van der Waals surface area (Å²) in [5, 5.41) is 3.03. The molecule has 160 valence electrons. The number of nitrogens with two attached hydrogens (primary N) is 1. The van der Waals surface area contributed by atoms with Gasteiger partial charge in [-0.3, -0.25) is 4.79 Å². The maximum Gasteiger partial charge on any atom is 0.317 e. The average molecular weight is 453 g/mol. The second kappa shape index (κ2) is 8.90. The van der Waals surface area contributed by atoms with E-state index in [4.69, 9.17) is 22.1 Å². The third kappa shape index (κ3) is 4.66.